The lowest BCUT2D eigenvalue weighted by molar-refractivity contribution is -0.131. The number of nitrogens with two attached hydrogens (primary N) is 1. The highest BCUT2D eigenvalue weighted by molar-refractivity contribution is 7.80. The minimum absolute atomic E-state index is 0.0677. The lowest BCUT2D eigenvalue weighted by Gasteiger charge is -2.38. The van der Waals surface area contributed by atoms with Crippen LogP contribution in [0.1, 0.15) is 25.0 Å². The van der Waals surface area contributed by atoms with E-state index in [0.29, 0.717) is 11.5 Å². The van der Waals surface area contributed by atoms with Crippen molar-refractivity contribution in [2.75, 3.05) is 0 Å². The number of thiocarbonyl (C=S) groups is 1. The van der Waals surface area contributed by atoms with Crippen LogP contribution in [0.3, 0.4) is 0 Å². The largest absolute Gasteiger partial charge is 0.392 e. The molecule has 0 atom stereocenters. The number of aromatic nitrogens is 2. The number of carbonyl (C=O) groups excluding carboxylic acids is 1. The van der Waals surface area contributed by atoms with E-state index in [-0.39, 0.29) is 5.91 Å². The molecule has 1 amide bonds. The molecule has 17 heavy (non-hydrogen) atoms. The molecule has 2 rings (SSSR count). The molecule has 1 aliphatic carbocycles. The summed E-state index contributed by atoms with van der Waals surface area (Å²) in [7, 11) is 1.84. The molecule has 92 valence electrons. The zero-order valence-electron chi connectivity index (χ0n) is 9.77. The molecule has 3 N–H and O–H groups in total. The third kappa shape index (κ3) is 2.17. The van der Waals surface area contributed by atoms with Crippen LogP contribution in [0, 0.1) is 5.41 Å². The number of carbonyl (C=O) groups is 1. The van der Waals surface area contributed by atoms with Crippen LogP contribution in [0.15, 0.2) is 12.3 Å². The van der Waals surface area contributed by atoms with Crippen LogP contribution in [-0.4, -0.2) is 20.7 Å². The molecule has 1 saturated carbocycles. The molecule has 0 spiro atoms. The van der Waals surface area contributed by atoms with Crippen LogP contribution in [0.5, 0.6) is 0 Å². The summed E-state index contributed by atoms with van der Waals surface area (Å²) >= 11 is 4.99. The van der Waals surface area contributed by atoms with Crippen LogP contribution < -0.4 is 11.1 Å². The number of hydrogen-bond acceptors (Lipinski definition) is 3. The fourth-order valence-corrected chi connectivity index (χ4v) is 2.31. The van der Waals surface area contributed by atoms with Crippen molar-refractivity contribution in [1.82, 2.24) is 15.1 Å². The van der Waals surface area contributed by atoms with Crippen molar-refractivity contribution in [3.63, 3.8) is 0 Å². The predicted octanol–water partition coefficient (Wildman–Crippen LogP) is 0.493. The Morgan fingerprint density at radius 3 is 2.82 bits per heavy atom. The Kier molecular flexibility index (Phi) is 3.15. The monoisotopic (exact) mass is 252 g/mol. The summed E-state index contributed by atoms with van der Waals surface area (Å²) in [6.45, 7) is 0.421. The van der Waals surface area contributed by atoms with Crippen molar-refractivity contribution in [3.05, 3.63) is 18.0 Å². The van der Waals surface area contributed by atoms with E-state index in [9.17, 15) is 4.79 Å². The van der Waals surface area contributed by atoms with Gasteiger partial charge in [-0.2, -0.15) is 5.10 Å². The quantitative estimate of drug-likeness (QED) is 0.765. The maximum Gasteiger partial charge on any atom is 0.233 e. The Labute approximate surface area is 105 Å². The molecular formula is C11H16N4OS. The number of nitrogens with zero attached hydrogens (tertiary/aromatic N) is 2. The molecule has 1 aliphatic rings. The lowest BCUT2D eigenvalue weighted by atomic mass is 9.68. The average Bonchev–Trinajstić information content (AvgIpc) is 2.59. The van der Waals surface area contributed by atoms with Crippen molar-refractivity contribution in [3.8, 4) is 0 Å². The van der Waals surface area contributed by atoms with Crippen LogP contribution >= 0.6 is 12.2 Å². The maximum atomic E-state index is 12.1. The molecule has 0 radical (unpaired) electrons. The minimum atomic E-state index is -0.607. The zero-order chi connectivity index (χ0) is 12.5. The molecule has 1 fully saturated rings. The first-order valence-electron chi connectivity index (χ1n) is 5.61. The highest BCUT2D eigenvalue weighted by Crippen LogP contribution is 2.41. The van der Waals surface area contributed by atoms with E-state index in [1.54, 1.807) is 4.68 Å². The van der Waals surface area contributed by atoms with Crippen molar-refractivity contribution >= 4 is 23.1 Å². The number of hydrogen-bond donors (Lipinski definition) is 2. The Morgan fingerprint density at radius 1 is 1.71 bits per heavy atom. The van der Waals surface area contributed by atoms with Crippen LogP contribution in [0.4, 0.5) is 0 Å². The predicted molar refractivity (Wildman–Crippen MR) is 68.1 cm³/mol. The fourth-order valence-electron chi connectivity index (χ4n) is 2.01. The van der Waals surface area contributed by atoms with E-state index < -0.39 is 5.41 Å². The Morgan fingerprint density at radius 2 is 2.41 bits per heavy atom. The van der Waals surface area contributed by atoms with E-state index in [2.05, 4.69) is 10.4 Å². The van der Waals surface area contributed by atoms with Gasteiger partial charge in [-0.3, -0.25) is 9.48 Å². The first kappa shape index (κ1) is 12.0. The third-order valence-corrected chi connectivity index (χ3v) is 3.70. The summed E-state index contributed by atoms with van der Waals surface area (Å²) in [4.78, 5) is 12.4. The Balaban J connectivity index is 1.95. The minimum Gasteiger partial charge on any atom is -0.392 e. The smallest absolute Gasteiger partial charge is 0.233 e. The molecule has 0 unspecified atom stereocenters. The van der Waals surface area contributed by atoms with Gasteiger partial charge in [0.2, 0.25) is 5.91 Å². The summed E-state index contributed by atoms with van der Waals surface area (Å²) in [5.41, 5.74) is 5.88. The molecule has 0 saturated heterocycles. The summed E-state index contributed by atoms with van der Waals surface area (Å²) in [5.74, 6) is -0.0677. The number of amides is 1. The van der Waals surface area contributed by atoms with Crippen LogP contribution in [0.25, 0.3) is 0 Å². The zero-order valence-corrected chi connectivity index (χ0v) is 10.6. The van der Waals surface area contributed by atoms with Gasteiger partial charge in [-0.25, -0.2) is 0 Å². The Hall–Kier alpha value is -1.43. The summed E-state index contributed by atoms with van der Waals surface area (Å²) in [6, 6.07) is 1.87. The SMILES string of the molecule is Cn1ccc(CNC(=O)C2(C(N)=S)CCC2)n1. The van der Waals surface area contributed by atoms with E-state index in [4.69, 9.17) is 18.0 Å². The van der Waals surface area contributed by atoms with E-state index >= 15 is 0 Å². The maximum absolute atomic E-state index is 12.1. The molecule has 1 aromatic heterocycles. The van der Waals surface area contributed by atoms with Crippen molar-refractivity contribution in [2.24, 2.45) is 18.2 Å². The number of nitrogens with one attached hydrogen (secondary N) is 1. The van der Waals surface area contributed by atoms with Gasteiger partial charge in [-0.15, -0.1) is 0 Å². The second kappa shape index (κ2) is 4.44. The fraction of sp³-hybridized carbons (Fsp3) is 0.545. The van der Waals surface area contributed by atoms with Gasteiger partial charge in [0.15, 0.2) is 0 Å². The molecule has 0 aliphatic heterocycles. The van der Waals surface area contributed by atoms with Gasteiger partial charge in [0.1, 0.15) is 0 Å². The topological polar surface area (TPSA) is 72.9 Å². The highest BCUT2D eigenvalue weighted by Gasteiger charge is 2.46. The molecule has 1 aromatic rings. The standard InChI is InChI=1S/C11H16N4OS/c1-15-6-3-8(14-15)7-13-10(16)11(9(12)17)4-2-5-11/h3,6H,2,4-5,7H2,1H3,(H2,12,17)(H,13,16). The molecule has 6 heteroatoms. The van der Waals surface area contributed by atoms with Crippen molar-refractivity contribution < 1.29 is 4.79 Å². The van der Waals surface area contributed by atoms with Gasteiger partial charge in [0.25, 0.3) is 0 Å². The van der Waals surface area contributed by atoms with E-state index in [1.807, 2.05) is 19.3 Å². The van der Waals surface area contributed by atoms with E-state index in [0.717, 1.165) is 25.0 Å². The van der Waals surface area contributed by atoms with Crippen LogP contribution in [-0.2, 0) is 18.4 Å². The van der Waals surface area contributed by atoms with Gasteiger partial charge < -0.3 is 11.1 Å². The molecular weight excluding hydrogens is 236 g/mol. The van der Waals surface area contributed by atoms with Gasteiger partial charge in [0, 0.05) is 13.2 Å². The van der Waals surface area contributed by atoms with E-state index in [1.165, 1.54) is 0 Å². The average molecular weight is 252 g/mol. The van der Waals surface area contributed by atoms with Gasteiger partial charge >= 0.3 is 0 Å². The summed E-state index contributed by atoms with van der Waals surface area (Å²) in [6.07, 6.45) is 4.37. The molecule has 0 bridgehead atoms. The summed E-state index contributed by atoms with van der Waals surface area (Å²) in [5, 5.41) is 7.05. The van der Waals surface area contributed by atoms with Gasteiger partial charge in [-0.05, 0) is 18.9 Å². The third-order valence-electron chi connectivity index (χ3n) is 3.31. The Bertz CT molecular complexity index is 450. The second-order valence-corrected chi connectivity index (χ2v) is 4.90. The highest BCUT2D eigenvalue weighted by atomic mass is 32.1. The van der Waals surface area contributed by atoms with Crippen molar-refractivity contribution in [2.45, 2.75) is 25.8 Å². The molecule has 5 nitrogen and oxygen atoms in total. The van der Waals surface area contributed by atoms with Gasteiger partial charge in [-0.1, -0.05) is 18.6 Å². The molecule has 1 heterocycles. The first-order chi connectivity index (χ1) is 8.04. The first-order valence-corrected chi connectivity index (χ1v) is 6.02. The molecule has 0 aromatic carbocycles. The second-order valence-electron chi connectivity index (χ2n) is 4.46. The van der Waals surface area contributed by atoms with Gasteiger partial charge in [0.05, 0.1) is 22.6 Å². The normalized spacial score (nSPS) is 17.2. The number of aryl methyl sites for hydroxylation is 1. The summed E-state index contributed by atoms with van der Waals surface area (Å²) < 4.78 is 1.70. The lowest BCUT2D eigenvalue weighted by Crippen LogP contribution is -2.52. The number of rotatable bonds is 4. The van der Waals surface area contributed by atoms with Crippen LogP contribution in [0.2, 0.25) is 0 Å². The van der Waals surface area contributed by atoms with Crippen molar-refractivity contribution in [1.29, 1.82) is 0 Å².